The molecule has 0 bridgehead atoms. The third kappa shape index (κ3) is 2.52. The van der Waals surface area contributed by atoms with Crippen molar-refractivity contribution in [3.8, 4) is 0 Å². The van der Waals surface area contributed by atoms with E-state index in [0.29, 0.717) is 0 Å². The van der Waals surface area contributed by atoms with Gasteiger partial charge < -0.3 is 0 Å². The molecule has 1 heterocycles. The van der Waals surface area contributed by atoms with E-state index in [9.17, 15) is 0 Å². The minimum atomic E-state index is -0.228. The molecule has 0 spiro atoms. The van der Waals surface area contributed by atoms with E-state index in [4.69, 9.17) is 23.2 Å². The van der Waals surface area contributed by atoms with Gasteiger partial charge in [0.2, 0.25) is 0 Å². The lowest BCUT2D eigenvalue weighted by Gasteiger charge is -2.00. The Kier molecular flexibility index (Phi) is 3.40. The van der Waals surface area contributed by atoms with Crippen molar-refractivity contribution >= 4 is 23.2 Å². The van der Waals surface area contributed by atoms with E-state index in [1.165, 1.54) is 5.54 Å². The van der Waals surface area contributed by atoms with E-state index in [1.54, 1.807) is 12.3 Å². The molecule has 0 aliphatic rings. The van der Waals surface area contributed by atoms with Crippen LogP contribution < -0.4 is 0 Å². The molecule has 0 aliphatic heterocycles. The molecule has 3 heteroatoms. The van der Waals surface area contributed by atoms with Crippen LogP contribution in [0.3, 0.4) is 0 Å². The molecule has 0 aromatic carbocycles. The standard InChI is InChI=1S/C8H7Cl2N/c9-5-4-7(10)8-3-1-2-6-11-8/h1-7H. The van der Waals surface area contributed by atoms with Gasteiger partial charge in [-0.05, 0) is 18.2 Å². The minimum Gasteiger partial charge on any atom is -0.259 e. The Morgan fingerprint density at radius 1 is 1.45 bits per heavy atom. The third-order valence-corrected chi connectivity index (χ3v) is 1.73. The SMILES string of the molecule is ClC=CC(Cl)c1ccccn1. The minimum absolute atomic E-state index is 0.228. The predicted octanol–water partition coefficient (Wildman–Crippen LogP) is 3.11. The number of pyridine rings is 1. The summed E-state index contributed by atoms with van der Waals surface area (Å²) >= 11 is 11.2. The van der Waals surface area contributed by atoms with Crippen LogP contribution in [0.4, 0.5) is 0 Å². The molecule has 1 aromatic rings. The summed E-state index contributed by atoms with van der Waals surface area (Å²) < 4.78 is 0. The topological polar surface area (TPSA) is 12.9 Å². The number of hydrogen-bond donors (Lipinski definition) is 0. The zero-order valence-electron chi connectivity index (χ0n) is 5.74. The molecule has 1 atom stereocenters. The highest BCUT2D eigenvalue weighted by molar-refractivity contribution is 6.27. The van der Waals surface area contributed by atoms with Crippen molar-refractivity contribution in [1.29, 1.82) is 0 Å². The first-order chi connectivity index (χ1) is 5.34. The van der Waals surface area contributed by atoms with Gasteiger partial charge in [-0.25, -0.2) is 0 Å². The molecule has 0 aliphatic carbocycles. The Morgan fingerprint density at radius 2 is 2.27 bits per heavy atom. The van der Waals surface area contributed by atoms with Crippen molar-refractivity contribution in [2.75, 3.05) is 0 Å². The van der Waals surface area contributed by atoms with Gasteiger partial charge in [-0.15, -0.1) is 11.6 Å². The molecule has 0 N–H and O–H groups in total. The molecule has 1 unspecified atom stereocenters. The lowest BCUT2D eigenvalue weighted by Crippen LogP contribution is -1.88. The van der Waals surface area contributed by atoms with Crippen LogP contribution in [0.2, 0.25) is 0 Å². The van der Waals surface area contributed by atoms with Gasteiger partial charge in [0, 0.05) is 11.7 Å². The van der Waals surface area contributed by atoms with Crippen LogP contribution in [0.25, 0.3) is 0 Å². The van der Waals surface area contributed by atoms with Crippen molar-refractivity contribution in [3.63, 3.8) is 0 Å². The Labute approximate surface area is 75.7 Å². The van der Waals surface area contributed by atoms with Crippen molar-refractivity contribution in [2.45, 2.75) is 5.38 Å². The summed E-state index contributed by atoms with van der Waals surface area (Å²) in [5.74, 6) is 0. The Morgan fingerprint density at radius 3 is 2.82 bits per heavy atom. The summed E-state index contributed by atoms with van der Waals surface area (Å²) in [4.78, 5) is 4.06. The maximum absolute atomic E-state index is 5.87. The van der Waals surface area contributed by atoms with Gasteiger partial charge in [-0.2, -0.15) is 0 Å². The maximum atomic E-state index is 5.87. The Hall–Kier alpha value is -0.530. The fraction of sp³-hybridized carbons (Fsp3) is 0.125. The van der Waals surface area contributed by atoms with Gasteiger partial charge in [0.05, 0.1) is 11.1 Å². The lowest BCUT2D eigenvalue weighted by molar-refractivity contribution is 1.08. The van der Waals surface area contributed by atoms with Crippen LogP contribution in [-0.4, -0.2) is 4.98 Å². The van der Waals surface area contributed by atoms with Crippen LogP contribution >= 0.6 is 23.2 Å². The smallest absolute Gasteiger partial charge is 0.0948 e. The molecule has 1 aromatic heterocycles. The summed E-state index contributed by atoms with van der Waals surface area (Å²) in [5.41, 5.74) is 2.21. The van der Waals surface area contributed by atoms with Crippen molar-refractivity contribution in [1.82, 2.24) is 4.98 Å². The predicted molar refractivity (Wildman–Crippen MR) is 47.8 cm³/mol. The number of allylic oxidation sites excluding steroid dienone is 1. The Bertz CT molecular complexity index is 233. The van der Waals surface area contributed by atoms with Crippen molar-refractivity contribution in [3.05, 3.63) is 41.7 Å². The number of alkyl halides is 1. The molecule has 1 nitrogen and oxygen atoms in total. The normalized spacial score (nSPS) is 13.6. The van der Waals surface area contributed by atoms with E-state index in [1.807, 2.05) is 18.2 Å². The van der Waals surface area contributed by atoms with E-state index in [0.717, 1.165) is 5.69 Å². The first-order valence-electron chi connectivity index (χ1n) is 3.16. The summed E-state index contributed by atoms with van der Waals surface area (Å²) in [7, 11) is 0. The average Bonchev–Trinajstić information content (AvgIpc) is 2.07. The molecular weight excluding hydrogens is 181 g/mol. The van der Waals surface area contributed by atoms with E-state index >= 15 is 0 Å². The fourth-order valence-corrected chi connectivity index (χ4v) is 1.12. The van der Waals surface area contributed by atoms with Gasteiger partial charge >= 0.3 is 0 Å². The largest absolute Gasteiger partial charge is 0.259 e. The highest BCUT2D eigenvalue weighted by Gasteiger charge is 2.02. The number of rotatable bonds is 2. The third-order valence-electron chi connectivity index (χ3n) is 1.21. The van der Waals surface area contributed by atoms with Crippen LogP contribution in [-0.2, 0) is 0 Å². The molecule has 0 fully saturated rings. The highest BCUT2D eigenvalue weighted by atomic mass is 35.5. The zero-order valence-corrected chi connectivity index (χ0v) is 7.26. The van der Waals surface area contributed by atoms with E-state index in [-0.39, 0.29) is 5.38 Å². The summed E-state index contributed by atoms with van der Waals surface area (Å²) in [6.45, 7) is 0. The van der Waals surface area contributed by atoms with Crippen LogP contribution in [0, 0.1) is 0 Å². The first kappa shape index (κ1) is 8.57. The van der Waals surface area contributed by atoms with E-state index < -0.39 is 0 Å². The maximum Gasteiger partial charge on any atom is 0.0948 e. The fourth-order valence-electron chi connectivity index (χ4n) is 0.702. The molecule has 0 saturated heterocycles. The van der Waals surface area contributed by atoms with Crippen molar-refractivity contribution in [2.24, 2.45) is 0 Å². The number of nitrogens with zero attached hydrogens (tertiary/aromatic N) is 1. The molecule has 0 radical (unpaired) electrons. The summed E-state index contributed by atoms with van der Waals surface area (Å²) in [6.07, 6.45) is 3.37. The van der Waals surface area contributed by atoms with Crippen LogP contribution in [0.1, 0.15) is 11.1 Å². The molecule has 58 valence electrons. The van der Waals surface area contributed by atoms with Gasteiger partial charge in [0.1, 0.15) is 0 Å². The Balaban J connectivity index is 2.76. The van der Waals surface area contributed by atoms with Crippen LogP contribution in [0.15, 0.2) is 36.0 Å². The quantitative estimate of drug-likeness (QED) is 0.649. The average molecular weight is 188 g/mol. The second-order valence-corrected chi connectivity index (χ2v) is 2.70. The second kappa shape index (κ2) is 4.37. The summed E-state index contributed by atoms with van der Waals surface area (Å²) in [5, 5.41) is -0.228. The molecule has 0 amide bonds. The summed E-state index contributed by atoms with van der Waals surface area (Å²) in [6, 6.07) is 5.59. The monoisotopic (exact) mass is 187 g/mol. The lowest BCUT2D eigenvalue weighted by atomic mass is 10.3. The van der Waals surface area contributed by atoms with E-state index in [2.05, 4.69) is 4.98 Å². The number of halogens is 2. The van der Waals surface area contributed by atoms with Gasteiger partial charge in [0.25, 0.3) is 0 Å². The zero-order chi connectivity index (χ0) is 8.10. The number of hydrogen-bond acceptors (Lipinski definition) is 1. The molecule has 0 saturated carbocycles. The van der Waals surface area contributed by atoms with Gasteiger partial charge in [-0.3, -0.25) is 4.98 Å². The second-order valence-electron chi connectivity index (χ2n) is 1.97. The highest BCUT2D eigenvalue weighted by Crippen LogP contribution is 2.18. The molecule has 11 heavy (non-hydrogen) atoms. The molecular formula is C8H7Cl2N. The van der Waals surface area contributed by atoms with Gasteiger partial charge in [0.15, 0.2) is 0 Å². The van der Waals surface area contributed by atoms with Crippen molar-refractivity contribution < 1.29 is 0 Å². The van der Waals surface area contributed by atoms with Gasteiger partial charge in [-0.1, -0.05) is 17.7 Å². The van der Waals surface area contributed by atoms with Crippen LogP contribution in [0.5, 0.6) is 0 Å². The molecule has 1 rings (SSSR count). The first-order valence-corrected chi connectivity index (χ1v) is 4.04. The number of aromatic nitrogens is 1.